The zero-order chi connectivity index (χ0) is 13.1. The van der Waals surface area contributed by atoms with E-state index in [-0.39, 0.29) is 0 Å². The molecule has 2 aromatic rings. The standard InChI is InChI=1S/C13H12ClNO2S/c1-8-2-3-9(14)6-11(8)15-7-10-4-5-12(18-10)13(16)17/h2-6,15H,7H2,1H3,(H,16,17). The topological polar surface area (TPSA) is 49.3 Å². The van der Waals surface area contributed by atoms with Crippen LogP contribution in [0, 0.1) is 6.92 Å². The van der Waals surface area contributed by atoms with Crippen LogP contribution in [0.1, 0.15) is 20.1 Å². The highest BCUT2D eigenvalue weighted by molar-refractivity contribution is 7.13. The summed E-state index contributed by atoms with van der Waals surface area (Å²) in [6, 6.07) is 9.09. The summed E-state index contributed by atoms with van der Waals surface area (Å²) >= 11 is 7.20. The van der Waals surface area contributed by atoms with Crippen LogP contribution in [0.15, 0.2) is 30.3 Å². The molecule has 5 heteroatoms. The number of hydrogen-bond donors (Lipinski definition) is 2. The van der Waals surface area contributed by atoms with E-state index in [2.05, 4.69) is 5.32 Å². The van der Waals surface area contributed by atoms with Gasteiger partial charge in [-0.15, -0.1) is 11.3 Å². The number of anilines is 1. The number of carbonyl (C=O) groups is 1. The Morgan fingerprint density at radius 2 is 2.17 bits per heavy atom. The number of aryl methyl sites for hydroxylation is 1. The number of thiophene rings is 1. The maximum Gasteiger partial charge on any atom is 0.345 e. The summed E-state index contributed by atoms with van der Waals surface area (Å²) in [4.78, 5) is 12.1. The Kier molecular flexibility index (Phi) is 3.89. The molecule has 1 heterocycles. The van der Waals surface area contributed by atoms with Gasteiger partial charge in [0.2, 0.25) is 0 Å². The largest absolute Gasteiger partial charge is 0.477 e. The lowest BCUT2D eigenvalue weighted by Crippen LogP contribution is -1.99. The lowest BCUT2D eigenvalue weighted by molar-refractivity contribution is 0.0702. The maximum atomic E-state index is 10.8. The van der Waals surface area contributed by atoms with Crippen LogP contribution < -0.4 is 5.32 Å². The molecule has 0 saturated heterocycles. The first-order chi connectivity index (χ1) is 8.56. The van der Waals surface area contributed by atoms with Crippen molar-refractivity contribution in [3.8, 4) is 0 Å². The van der Waals surface area contributed by atoms with Crippen LogP contribution in [0.5, 0.6) is 0 Å². The molecule has 18 heavy (non-hydrogen) atoms. The predicted octanol–water partition coefficient (Wildman–Crippen LogP) is 4.02. The second-order valence-electron chi connectivity index (χ2n) is 3.88. The Hall–Kier alpha value is -1.52. The average Bonchev–Trinajstić information content (AvgIpc) is 2.79. The van der Waals surface area contributed by atoms with Gasteiger partial charge in [0.05, 0.1) is 0 Å². The fourth-order valence-electron chi connectivity index (χ4n) is 1.55. The Morgan fingerprint density at radius 1 is 1.39 bits per heavy atom. The molecule has 0 atom stereocenters. The third kappa shape index (κ3) is 3.03. The normalized spacial score (nSPS) is 10.3. The molecule has 3 nitrogen and oxygen atoms in total. The lowest BCUT2D eigenvalue weighted by Gasteiger charge is -2.08. The third-order valence-corrected chi connectivity index (χ3v) is 3.83. The van der Waals surface area contributed by atoms with Gasteiger partial charge in [-0.25, -0.2) is 4.79 Å². The van der Waals surface area contributed by atoms with E-state index < -0.39 is 5.97 Å². The molecular weight excluding hydrogens is 270 g/mol. The van der Waals surface area contributed by atoms with Crippen LogP contribution in [0.3, 0.4) is 0 Å². The smallest absolute Gasteiger partial charge is 0.345 e. The van der Waals surface area contributed by atoms with Crippen LogP contribution in [0.4, 0.5) is 5.69 Å². The number of halogens is 1. The van der Waals surface area contributed by atoms with E-state index in [9.17, 15) is 4.79 Å². The minimum absolute atomic E-state index is 0.356. The number of carboxylic acid groups (broad SMARTS) is 1. The molecule has 0 aliphatic heterocycles. The van der Waals surface area contributed by atoms with Crippen LogP contribution in [-0.4, -0.2) is 11.1 Å². The van der Waals surface area contributed by atoms with E-state index in [0.29, 0.717) is 16.4 Å². The van der Waals surface area contributed by atoms with E-state index in [1.807, 2.05) is 31.2 Å². The van der Waals surface area contributed by atoms with E-state index in [0.717, 1.165) is 16.1 Å². The Labute approximate surface area is 114 Å². The molecule has 0 aliphatic rings. The Morgan fingerprint density at radius 3 is 2.83 bits per heavy atom. The number of aromatic carboxylic acids is 1. The number of benzene rings is 1. The maximum absolute atomic E-state index is 10.8. The lowest BCUT2D eigenvalue weighted by atomic mass is 10.2. The summed E-state index contributed by atoms with van der Waals surface area (Å²) in [7, 11) is 0. The van der Waals surface area contributed by atoms with Gasteiger partial charge in [0.25, 0.3) is 0 Å². The van der Waals surface area contributed by atoms with Crippen molar-refractivity contribution in [2.45, 2.75) is 13.5 Å². The van der Waals surface area contributed by atoms with Gasteiger partial charge in [0, 0.05) is 22.1 Å². The van der Waals surface area contributed by atoms with Gasteiger partial charge in [-0.1, -0.05) is 17.7 Å². The monoisotopic (exact) mass is 281 g/mol. The Bertz CT molecular complexity index is 580. The molecule has 0 radical (unpaired) electrons. The summed E-state index contributed by atoms with van der Waals surface area (Å²) < 4.78 is 0. The van der Waals surface area contributed by atoms with Gasteiger partial charge in [0.15, 0.2) is 0 Å². The molecule has 0 aliphatic carbocycles. The minimum Gasteiger partial charge on any atom is -0.477 e. The quantitative estimate of drug-likeness (QED) is 0.890. The molecule has 94 valence electrons. The van der Waals surface area contributed by atoms with Gasteiger partial charge in [-0.3, -0.25) is 0 Å². The molecule has 0 unspecified atom stereocenters. The Balaban J connectivity index is 2.06. The fourth-order valence-corrected chi connectivity index (χ4v) is 2.51. The highest BCUT2D eigenvalue weighted by Gasteiger charge is 2.07. The molecule has 1 aromatic heterocycles. The first kappa shape index (κ1) is 12.9. The molecule has 0 amide bonds. The van der Waals surface area contributed by atoms with Gasteiger partial charge in [-0.05, 0) is 36.8 Å². The highest BCUT2D eigenvalue weighted by Crippen LogP contribution is 2.22. The van der Waals surface area contributed by atoms with Crippen molar-refractivity contribution in [1.82, 2.24) is 0 Å². The molecule has 0 saturated carbocycles. The molecule has 0 fully saturated rings. The van der Waals surface area contributed by atoms with Crippen LogP contribution >= 0.6 is 22.9 Å². The van der Waals surface area contributed by atoms with E-state index in [4.69, 9.17) is 16.7 Å². The van der Waals surface area contributed by atoms with E-state index in [1.165, 1.54) is 11.3 Å². The fraction of sp³-hybridized carbons (Fsp3) is 0.154. The van der Waals surface area contributed by atoms with E-state index >= 15 is 0 Å². The second kappa shape index (κ2) is 5.42. The first-order valence-corrected chi connectivity index (χ1v) is 6.58. The van der Waals surface area contributed by atoms with Crippen molar-refractivity contribution < 1.29 is 9.90 Å². The van der Waals surface area contributed by atoms with Crippen molar-refractivity contribution in [3.05, 3.63) is 50.7 Å². The van der Waals surface area contributed by atoms with E-state index in [1.54, 1.807) is 6.07 Å². The molecule has 2 rings (SSSR count). The van der Waals surface area contributed by atoms with Crippen molar-refractivity contribution in [3.63, 3.8) is 0 Å². The first-order valence-electron chi connectivity index (χ1n) is 5.38. The number of carboxylic acids is 1. The van der Waals surface area contributed by atoms with Crippen molar-refractivity contribution >= 4 is 34.6 Å². The molecule has 0 spiro atoms. The van der Waals surface area contributed by atoms with Gasteiger partial charge in [0.1, 0.15) is 4.88 Å². The van der Waals surface area contributed by atoms with Gasteiger partial charge >= 0.3 is 5.97 Å². The summed E-state index contributed by atoms with van der Waals surface area (Å²) in [6.45, 7) is 2.59. The number of nitrogens with one attached hydrogen (secondary N) is 1. The van der Waals surface area contributed by atoms with Crippen molar-refractivity contribution in [2.75, 3.05) is 5.32 Å². The van der Waals surface area contributed by atoms with Crippen LogP contribution in [-0.2, 0) is 6.54 Å². The highest BCUT2D eigenvalue weighted by atomic mass is 35.5. The summed E-state index contributed by atoms with van der Waals surface area (Å²) in [5.74, 6) is -0.884. The van der Waals surface area contributed by atoms with Crippen molar-refractivity contribution in [1.29, 1.82) is 0 Å². The number of rotatable bonds is 4. The average molecular weight is 282 g/mol. The summed E-state index contributed by atoms with van der Waals surface area (Å²) in [6.07, 6.45) is 0. The second-order valence-corrected chi connectivity index (χ2v) is 5.49. The minimum atomic E-state index is -0.884. The van der Waals surface area contributed by atoms with Crippen molar-refractivity contribution in [2.24, 2.45) is 0 Å². The zero-order valence-corrected chi connectivity index (χ0v) is 11.3. The molecular formula is C13H12ClNO2S. The molecule has 1 aromatic carbocycles. The van der Waals surface area contributed by atoms with Gasteiger partial charge in [-0.2, -0.15) is 0 Å². The zero-order valence-electron chi connectivity index (χ0n) is 9.74. The summed E-state index contributed by atoms with van der Waals surface area (Å²) in [5.41, 5.74) is 2.07. The SMILES string of the molecule is Cc1ccc(Cl)cc1NCc1ccc(C(=O)O)s1. The molecule has 0 bridgehead atoms. The van der Waals surface area contributed by atoms with Crippen LogP contribution in [0.2, 0.25) is 5.02 Å². The van der Waals surface area contributed by atoms with Crippen LogP contribution in [0.25, 0.3) is 0 Å². The summed E-state index contributed by atoms with van der Waals surface area (Å²) in [5, 5.41) is 12.8. The number of hydrogen-bond acceptors (Lipinski definition) is 3. The molecule has 2 N–H and O–H groups in total. The van der Waals surface area contributed by atoms with Gasteiger partial charge < -0.3 is 10.4 Å². The predicted molar refractivity (Wildman–Crippen MR) is 74.8 cm³/mol. The third-order valence-electron chi connectivity index (χ3n) is 2.53.